The minimum Gasteiger partial charge on any atom is -0.348 e. The van der Waals surface area contributed by atoms with Crippen molar-refractivity contribution in [1.29, 1.82) is 0 Å². The van der Waals surface area contributed by atoms with E-state index in [-0.39, 0.29) is 11.2 Å². The molecule has 0 aliphatic rings. The average Bonchev–Trinajstić information content (AvgIpc) is 2.20. The lowest BCUT2D eigenvalue weighted by molar-refractivity contribution is -0.127. The molecule has 0 saturated heterocycles. The molecule has 15 heavy (non-hydrogen) atoms. The number of rotatable bonds is 3. The van der Waals surface area contributed by atoms with Crippen LogP contribution in [0.1, 0.15) is 12.5 Å². The molecule has 0 saturated carbocycles. The number of hydrogen-bond acceptors (Lipinski definition) is 2. The smallest absolute Gasteiger partial charge is 0.235 e. The molecule has 3 heteroatoms. The standard InChI is InChI=1S/C12H17NOS/c1-9-5-7-11(8-6-9)15-10(2)12(14)13(3)4/h5-8,10H,1-4H3/t10-/m0/s1. The van der Waals surface area contributed by atoms with Gasteiger partial charge in [0, 0.05) is 19.0 Å². The highest BCUT2D eigenvalue weighted by Crippen LogP contribution is 2.24. The summed E-state index contributed by atoms with van der Waals surface area (Å²) in [5.41, 5.74) is 1.24. The van der Waals surface area contributed by atoms with Crippen molar-refractivity contribution in [1.82, 2.24) is 4.90 Å². The maximum atomic E-state index is 11.6. The monoisotopic (exact) mass is 223 g/mol. The zero-order valence-electron chi connectivity index (χ0n) is 9.65. The van der Waals surface area contributed by atoms with Crippen LogP contribution in [0.2, 0.25) is 0 Å². The molecule has 0 bridgehead atoms. The van der Waals surface area contributed by atoms with Crippen molar-refractivity contribution in [3.8, 4) is 0 Å². The number of carbonyl (C=O) groups is 1. The Kier molecular flexibility index (Phi) is 4.21. The van der Waals surface area contributed by atoms with Crippen molar-refractivity contribution in [3.63, 3.8) is 0 Å². The van der Waals surface area contributed by atoms with Gasteiger partial charge < -0.3 is 4.90 Å². The fourth-order valence-corrected chi connectivity index (χ4v) is 2.25. The van der Waals surface area contributed by atoms with E-state index in [1.165, 1.54) is 5.56 Å². The zero-order chi connectivity index (χ0) is 11.4. The van der Waals surface area contributed by atoms with Gasteiger partial charge in [-0.05, 0) is 26.0 Å². The molecule has 0 aliphatic heterocycles. The molecule has 0 aliphatic carbocycles. The van der Waals surface area contributed by atoms with Gasteiger partial charge in [0.1, 0.15) is 0 Å². The summed E-state index contributed by atoms with van der Waals surface area (Å²) < 4.78 is 0. The Bertz CT molecular complexity index is 332. The largest absolute Gasteiger partial charge is 0.348 e. The van der Waals surface area contributed by atoms with Crippen molar-refractivity contribution >= 4 is 17.7 Å². The third-order valence-electron chi connectivity index (χ3n) is 2.12. The Morgan fingerprint density at radius 1 is 1.27 bits per heavy atom. The Morgan fingerprint density at radius 2 is 1.80 bits per heavy atom. The lowest BCUT2D eigenvalue weighted by Gasteiger charge is -2.16. The molecule has 1 atom stereocenters. The third-order valence-corrected chi connectivity index (χ3v) is 3.22. The van der Waals surface area contributed by atoms with Crippen LogP contribution in [0.25, 0.3) is 0 Å². The second-order valence-corrected chi connectivity index (χ2v) is 5.22. The van der Waals surface area contributed by atoms with E-state index in [0.29, 0.717) is 0 Å². The van der Waals surface area contributed by atoms with E-state index in [2.05, 4.69) is 31.2 Å². The molecule has 0 N–H and O–H groups in total. The molecule has 82 valence electrons. The fourth-order valence-electron chi connectivity index (χ4n) is 1.23. The van der Waals surface area contributed by atoms with Crippen molar-refractivity contribution in [2.75, 3.05) is 14.1 Å². The lowest BCUT2D eigenvalue weighted by Crippen LogP contribution is -2.29. The molecular weight excluding hydrogens is 206 g/mol. The summed E-state index contributed by atoms with van der Waals surface area (Å²) in [6.07, 6.45) is 0. The molecule has 1 amide bonds. The first-order valence-corrected chi connectivity index (χ1v) is 5.83. The van der Waals surface area contributed by atoms with E-state index in [1.54, 1.807) is 30.8 Å². The fraction of sp³-hybridized carbons (Fsp3) is 0.417. The summed E-state index contributed by atoms with van der Waals surface area (Å²) in [6.45, 7) is 4.00. The molecule has 0 heterocycles. The summed E-state index contributed by atoms with van der Waals surface area (Å²) in [5, 5.41) is -0.0253. The van der Waals surface area contributed by atoms with Gasteiger partial charge in [0.25, 0.3) is 0 Å². The van der Waals surface area contributed by atoms with E-state index in [1.807, 2.05) is 6.92 Å². The lowest BCUT2D eigenvalue weighted by atomic mass is 10.2. The first kappa shape index (κ1) is 12.1. The SMILES string of the molecule is Cc1ccc(S[C@@H](C)C(=O)N(C)C)cc1. The molecule has 0 radical (unpaired) electrons. The van der Waals surface area contributed by atoms with Crippen LogP contribution in [0.5, 0.6) is 0 Å². The van der Waals surface area contributed by atoms with Crippen LogP contribution >= 0.6 is 11.8 Å². The number of aryl methyl sites for hydroxylation is 1. The van der Waals surface area contributed by atoms with E-state index < -0.39 is 0 Å². The van der Waals surface area contributed by atoms with Gasteiger partial charge in [-0.15, -0.1) is 11.8 Å². The van der Waals surface area contributed by atoms with Gasteiger partial charge in [0.2, 0.25) is 5.91 Å². The van der Waals surface area contributed by atoms with Gasteiger partial charge in [-0.1, -0.05) is 17.7 Å². The number of amides is 1. The van der Waals surface area contributed by atoms with Crippen LogP contribution in [0, 0.1) is 6.92 Å². The van der Waals surface area contributed by atoms with Crippen LogP contribution in [-0.4, -0.2) is 30.2 Å². The van der Waals surface area contributed by atoms with Crippen LogP contribution < -0.4 is 0 Å². The minimum absolute atomic E-state index is 0.0253. The second kappa shape index (κ2) is 5.21. The van der Waals surface area contributed by atoms with Crippen LogP contribution in [0.3, 0.4) is 0 Å². The highest BCUT2D eigenvalue weighted by molar-refractivity contribution is 8.00. The molecule has 0 fully saturated rings. The van der Waals surface area contributed by atoms with Crippen molar-refractivity contribution in [3.05, 3.63) is 29.8 Å². The third kappa shape index (κ3) is 3.59. The molecular formula is C12H17NOS. The van der Waals surface area contributed by atoms with E-state index in [4.69, 9.17) is 0 Å². The average molecular weight is 223 g/mol. The van der Waals surface area contributed by atoms with Crippen molar-refractivity contribution in [2.45, 2.75) is 24.0 Å². The van der Waals surface area contributed by atoms with Gasteiger partial charge in [0.15, 0.2) is 0 Å². The quantitative estimate of drug-likeness (QED) is 0.734. The molecule has 1 aromatic rings. The number of hydrogen-bond donors (Lipinski definition) is 0. The maximum absolute atomic E-state index is 11.6. The number of thioether (sulfide) groups is 1. The first-order valence-electron chi connectivity index (χ1n) is 4.95. The van der Waals surface area contributed by atoms with Gasteiger partial charge in [0.05, 0.1) is 5.25 Å². The van der Waals surface area contributed by atoms with E-state index >= 15 is 0 Å². The first-order chi connectivity index (χ1) is 7.00. The number of nitrogens with zero attached hydrogens (tertiary/aromatic N) is 1. The summed E-state index contributed by atoms with van der Waals surface area (Å²) in [6, 6.07) is 8.24. The molecule has 0 aromatic heterocycles. The highest BCUT2D eigenvalue weighted by atomic mass is 32.2. The predicted octanol–water partition coefficient (Wildman–Crippen LogP) is 2.56. The zero-order valence-corrected chi connectivity index (χ0v) is 10.5. The van der Waals surface area contributed by atoms with Crippen LogP contribution in [0.15, 0.2) is 29.2 Å². The molecule has 1 rings (SSSR count). The Hall–Kier alpha value is -0.960. The van der Waals surface area contributed by atoms with Gasteiger partial charge >= 0.3 is 0 Å². The summed E-state index contributed by atoms with van der Waals surface area (Å²) >= 11 is 1.60. The van der Waals surface area contributed by atoms with Gasteiger partial charge in [-0.25, -0.2) is 0 Å². The Balaban J connectivity index is 2.62. The van der Waals surface area contributed by atoms with Gasteiger partial charge in [-0.3, -0.25) is 4.79 Å². The van der Waals surface area contributed by atoms with E-state index in [0.717, 1.165) is 4.90 Å². The number of carbonyl (C=O) groups excluding carboxylic acids is 1. The van der Waals surface area contributed by atoms with Gasteiger partial charge in [-0.2, -0.15) is 0 Å². The van der Waals surface area contributed by atoms with Crippen LogP contribution in [-0.2, 0) is 4.79 Å². The van der Waals surface area contributed by atoms with Crippen molar-refractivity contribution in [2.24, 2.45) is 0 Å². The summed E-state index contributed by atoms with van der Waals surface area (Å²) in [7, 11) is 3.57. The topological polar surface area (TPSA) is 20.3 Å². The predicted molar refractivity (Wildman–Crippen MR) is 65.2 cm³/mol. The molecule has 2 nitrogen and oxygen atoms in total. The van der Waals surface area contributed by atoms with Crippen LogP contribution in [0.4, 0.5) is 0 Å². The van der Waals surface area contributed by atoms with Crippen molar-refractivity contribution < 1.29 is 4.79 Å². The summed E-state index contributed by atoms with van der Waals surface area (Å²) in [4.78, 5) is 14.4. The summed E-state index contributed by atoms with van der Waals surface area (Å²) in [5.74, 6) is 0.153. The minimum atomic E-state index is -0.0253. The highest BCUT2D eigenvalue weighted by Gasteiger charge is 2.15. The second-order valence-electron chi connectivity index (χ2n) is 3.81. The maximum Gasteiger partial charge on any atom is 0.235 e. The normalized spacial score (nSPS) is 12.3. The van der Waals surface area contributed by atoms with E-state index in [9.17, 15) is 4.79 Å². The molecule has 1 aromatic carbocycles. The molecule has 0 unspecified atom stereocenters. The Labute approximate surface area is 95.7 Å². The molecule has 0 spiro atoms. The Morgan fingerprint density at radius 3 is 2.27 bits per heavy atom. The number of benzene rings is 1.